The van der Waals surface area contributed by atoms with E-state index in [-0.39, 0.29) is 0 Å². The van der Waals surface area contributed by atoms with Gasteiger partial charge in [0.25, 0.3) is 0 Å². The van der Waals surface area contributed by atoms with Gasteiger partial charge in [0.1, 0.15) is 0 Å². The molecule has 0 aliphatic carbocycles. The molecular weight excluding hydrogens is 184 g/mol. The van der Waals surface area contributed by atoms with E-state index in [1.165, 1.54) is 0 Å². The molecule has 2 heterocycles. The molecule has 68 valence electrons. The van der Waals surface area contributed by atoms with Crippen LogP contribution in [0.15, 0.2) is 23.3 Å². The van der Waals surface area contributed by atoms with Crippen molar-refractivity contribution in [2.75, 3.05) is 5.73 Å². The monoisotopic (exact) mass is 194 g/mol. The van der Waals surface area contributed by atoms with E-state index in [1.54, 1.807) is 17.5 Å². The summed E-state index contributed by atoms with van der Waals surface area (Å²) in [7, 11) is 0. The number of nitrogen functional groups attached to an aromatic ring is 1. The number of anilines is 1. The summed E-state index contributed by atoms with van der Waals surface area (Å²) in [5, 5.41) is 2.05. The van der Waals surface area contributed by atoms with Crippen LogP contribution in [0.25, 0.3) is 0 Å². The van der Waals surface area contributed by atoms with Crippen LogP contribution in [0, 0.1) is 0 Å². The van der Waals surface area contributed by atoms with Gasteiger partial charge in [-0.1, -0.05) is 0 Å². The fourth-order valence-corrected chi connectivity index (χ4v) is 1.72. The van der Waals surface area contributed by atoms with E-state index in [0.717, 1.165) is 18.7 Å². The highest BCUT2D eigenvalue weighted by Crippen LogP contribution is 2.05. The van der Waals surface area contributed by atoms with Crippen molar-refractivity contribution in [2.24, 2.45) is 0 Å². The average molecular weight is 194 g/mol. The van der Waals surface area contributed by atoms with Crippen molar-refractivity contribution in [3.63, 3.8) is 0 Å². The van der Waals surface area contributed by atoms with E-state index in [4.69, 9.17) is 5.73 Å². The van der Waals surface area contributed by atoms with Gasteiger partial charge in [-0.2, -0.15) is 0 Å². The maximum Gasteiger partial charge on any atom is 0.200 e. The van der Waals surface area contributed by atoms with E-state index in [1.807, 2.05) is 21.7 Å². The fourth-order valence-electron chi connectivity index (χ4n) is 1.13. The predicted molar refractivity (Wildman–Crippen MR) is 52.5 cm³/mol. The zero-order valence-electron chi connectivity index (χ0n) is 7.05. The maximum atomic E-state index is 5.61. The van der Waals surface area contributed by atoms with Gasteiger partial charge in [0, 0.05) is 30.7 Å². The van der Waals surface area contributed by atoms with Crippen molar-refractivity contribution in [3.8, 4) is 0 Å². The topological polar surface area (TPSA) is 56.7 Å². The summed E-state index contributed by atoms with van der Waals surface area (Å²) >= 11 is 1.61. The lowest BCUT2D eigenvalue weighted by atomic mass is 10.3. The lowest BCUT2D eigenvalue weighted by molar-refractivity contribution is 0.697. The molecule has 2 aromatic rings. The summed E-state index contributed by atoms with van der Waals surface area (Å²) in [6.07, 6.45) is 4.49. The van der Waals surface area contributed by atoms with Crippen molar-refractivity contribution in [3.05, 3.63) is 29.0 Å². The largest absolute Gasteiger partial charge is 0.369 e. The SMILES string of the molecule is Nc1nccn1CCc1cscn1. The molecule has 0 aliphatic rings. The summed E-state index contributed by atoms with van der Waals surface area (Å²) < 4.78 is 1.92. The van der Waals surface area contributed by atoms with Gasteiger partial charge in [0.2, 0.25) is 0 Å². The van der Waals surface area contributed by atoms with Crippen molar-refractivity contribution in [1.82, 2.24) is 14.5 Å². The minimum Gasteiger partial charge on any atom is -0.369 e. The first-order valence-electron chi connectivity index (χ1n) is 4.00. The molecule has 0 saturated carbocycles. The smallest absolute Gasteiger partial charge is 0.200 e. The molecule has 2 rings (SSSR count). The quantitative estimate of drug-likeness (QED) is 0.797. The molecule has 0 aliphatic heterocycles. The molecule has 4 nitrogen and oxygen atoms in total. The summed E-state index contributed by atoms with van der Waals surface area (Å²) in [5.41, 5.74) is 8.56. The highest BCUT2D eigenvalue weighted by atomic mass is 32.1. The van der Waals surface area contributed by atoms with Gasteiger partial charge in [0.15, 0.2) is 5.95 Å². The molecule has 2 aromatic heterocycles. The second-order valence-corrected chi connectivity index (χ2v) is 3.43. The maximum absolute atomic E-state index is 5.61. The van der Waals surface area contributed by atoms with Crippen LogP contribution < -0.4 is 5.73 Å². The summed E-state index contributed by atoms with van der Waals surface area (Å²) in [6, 6.07) is 0. The van der Waals surface area contributed by atoms with Crippen molar-refractivity contribution < 1.29 is 0 Å². The molecule has 5 heteroatoms. The van der Waals surface area contributed by atoms with E-state index in [9.17, 15) is 0 Å². The Kier molecular flexibility index (Phi) is 2.27. The lowest BCUT2D eigenvalue weighted by Gasteiger charge is -2.01. The Bertz CT molecular complexity index is 365. The van der Waals surface area contributed by atoms with Gasteiger partial charge >= 0.3 is 0 Å². The third-order valence-corrected chi connectivity index (χ3v) is 2.48. The number of nitrogens with two attached hydrogens (primary N) is 1. The number of aromatic nitrogens is 3. The predicted octanol–water partition coefficient (Wildman–Crippen LogP) is 1.16. The van der Waals surface area contributed by atoms with Crippen LogP contribution in [-0.2, 0) is 13.0 Å². The Morgan fingerprint density at radius 2 is 2.38 bits per heavy atom. The molecule has 0 atom stereocenters. The normalized spacial score (nSPS) is 10.5. The van der Waals surface area contributed by atoms with Crippen LogP contribution >= 0.6 is 11.3 Å². The van der Waals surface area contributed by atoms with Crippen LogP contribution in [0.5, 0.6) is 0 Å². The molecular formula is C8H10N4S. The van der Waals surface area contributed by atoms with Gasteiger partial charge in [-0.15, -0.1) is 11.3 Å². The Hall–Kier alpha value is -1.36. The first kappa shape index (κ1) is 8.25. The summed E-state index contributed by atoms with van der Waals surface area (Å²) in [6.45, 7) is 0.843. The Balaban J connectivity index is 1.97. The number of nitrogens with zero attached hydrogens (tertiary/aromatic N) is 3. The molecule has 2 N–H and O–H groups in total. The molecule has 0 unspecified atom stereocenters. The highest BCUT2D eigenvalue weighted by molar-refractivity contribution is 7.07. The van der Waals surface area contributed by atoms with Gasteiger partial charge in [-0.3, -0.25) is 0 Å². The molecule has 0 bridgehead atoms. The number of aryl methyl sites for hydroxylation is 2. The second kappa shape index (κ2) is 3.57. The lowest BCUT2D eigenvalue weighted by Crippen LogP contribution is -2.04. The van der Waals surface area contributed by atoms with Gasteiger partial charge in [-0.25, -0.2) is 9.97 Å². The summed E-state index contributed by atoms with van der Waals surface area (Å²) in [5.74, 6) is 0.565. The molecule has 0 fully saturated rings. The van der Waals surface area contributed by atoms with Crippen LogP contribution in [0.2, 0.25) is 0 Å². The Labute approximate surface area is 80.1 Å². The molecule has 0 spiro atoms. The van der Waals surface area contributed by atoms with Crippen LogP contribution in [0.4, 0.5) is 5.95 Å². The van der Waals surface area contributed by atoms with Gasteiger partial charge < -0.3 is 10.3 Å². The number of hydrogen-bond donors (Lipinski definition) is 1. The zero-order chi connectivity index (χ0) is 9.10. The highest BCUT2D eigenvalue weighted by Gasteiger charge is 1.99. The average Bonchev–Trinajstić information content (AvgIpc) is 2.72. The van der Waals surface area contributed by atoms with E-state index >= 15 is 0 Å². The van der Waals surface area contributed by atoms with Crippen molar-refractivity contribution in [2.45, 2.75) is 13.0 Å². The third-order valence-electron chi connectivity index (χ3n) is 1.84. The van der Waals surface area contributed by atoms with Crippen LogP contribution in [0.1, 0.15) is 5.69 Å². The van der Waals surface area contributed by atoms with Crippen molar-refractivity contribution >= 4 is 17.3 Å². The van der Waals surface area contributed by atoms with Crippen LogP contribution in [0.3, 0.4) is 0 Å². The number of hydrogen-bond acceptors (Lipinski definition) is 4. The first-order chi connectivity index (χ1) is 6.36. The fraction of sp³-hybridized carbons (Fsp3) is 0.250. The van der Waals surface area contributed by atoms with Crippen molar-refractivity contribution in [1.29, 1.82) is 0 Å². The Morgan fingerprint density at radius 1 is 1.46 bits per heavy atom. The zero-order valence-corrected chi connectivity index (χ0v) is 7.87. The minimum absolute atomic E-state index is 0.565. The third kappa shape index (κ3) is 1.86. The molecule has 0 radical (unpaired) electrons. The van der Waals surface area contributed by atoms with E-state index < -0.39 is 0 Å². The molecule has 0 saturated heterocycles. The molecule has 0 aromatic carbocycles. The molecule has 13 heavy (non-hydrogen) atoms. The first-order valence-corrected chi connectivity index (χ1v) is 4.94. The van der Waals surface area contributed by atoms with Gasteiger partial charge in [-0.05, 0) is 0 Å². The number of imidazole rings is 1. The van der Waals surface area contributed by atoms with Crippen LogP contribution in [-0.4, -0.2) is 14.5 Å². The number of rotatable bonds is 3. The Morgan fingerprint density at radius 3 is 3.00 bits per heavy atom. The second-order valence-electron chi connectivity index (χ2n) is 2.71. The van der Waals surface area contributed by atoms with Gasteiger partial charge in [0.05, 0.1) is 11.2 Å². The summed E-state index contributed by atoms with van der Waals surface area (Å²) in [4.78, 5) is 8.13. The van der Waals surface area contributed by atoms with E-state index in [0.29, 0.717) is 5.95 Å². The standard InChI is InChI=1S/C8H10N4S/c9-8-10-2-4-12(8)3-1-7-5-13-6-11-7/h2,4-6H,1,3H2,(H2,9,10). The number of thiazole rings is 1. The molecule has 0 amide bonds. The van der Waals surface area contributed by atoms with E-state index in [2.05, 4.69) is 9.97 Å². The minimum atomic E-state index is 0.565.